The van der Waals surface area contributed by atoms with E-state index < -0.39 is 5.97 Å². The van der Waals surface area contributed by atoms with Crippen LogP contribution in [0.1, 0.15) is 28.5 Å². The SMILES string of the molecule is CC1Cc2cc(-c3cc(COC(=O)c4c[nH]c5ccccc45)no3)ccc2O1. The molecule has 0 amide bonds. The Hall–Kier alpha value is -3.54. The second kappa shape index (κ2) is 6.56. The number of rotatable bonds is 4. The highest BCUT2D eigenvalue weighted by atomic mass is 16.5. The molecule has 5 rings (SSSR count). The van der Waals surface area contributed by atoms with E-state index in [4.69, 9.17) is 14.0 Å². The summed E-state index contributed by atoms with van der Waals surface area (Å²) >= 11 is 0. The molecule has 0 fully saturated rings. The molecule has 0 spiro atoms. The number of nitrogens with zero attached hydrogens (tertiary/aromatic N) is 1. The number of benzene rings is 2. The highest BCUT2D eigenvalue weighted by Crippen LogP contribution is 2.33. The number of fused-ring (bicyclic) bond motifs is 2. The van der Waals surface area contributed by atoms with Crippen molar-refractivity contribution in [2.75, 3.05) is 0 Å². The number of carbonyl (C=O) groups excluding carboxylic acids is 1. The van der Waals surface area contributed by atoms with Gasteiger partial charge in [0.2, 0.25) is 0 Å². The third-order valence-corrected chi connectivity index (χ3v) is 4.90. The van der Waals surface area contributed by atoms with Gasteiger partial charge in [-0.1, -0.05) is 23.4 Å². The molecule has 1 aliphatic rings. The maximum Gasteiger partial charge on any atom is 0.340 e. The van der Waals surface area contributed by atoms with Crippen molar-refractivity contribution in [1.29, 1.82) is 0 Å². The van der Waals surface area contributed by atoms with Crippen molar-refractivity contribution in [3.63, 3.8) is 0 Å². The van der Waals surface area contributed by atoms with Crippen LogP contribution in [-0.2, 0) is 17.8 Å². The number of para-hydroxylation sites is 1. The van der Waals surface area contributed by atoms with Gasteiger partial charge in [-0.05, 0) is 36.8 Å². The number of carbonyl (C=O) groups is 1. The molecule has 140 valence electrons. The summed E-state index contributed by atoms with van der Waals surface area (Å²) in [5.41, 5.74) is 4.06. The Morgan fingerprint density at radius 1 is 1.25 bits per heavy atom. The molecule has 1 atom stereocenters. The second-order valence-corrected chi connectivity index (χ2v) is 6.96. The number of aromatic nitrogens is 2. The molecule has 1 N–H and O–H groups in total. The van der Waals surface area contributed by atoms with Crippen molar-refractivity contribution in [2.45, 2.75) is 26.1 Å². The lowest BCUT2D eigenvalue weighted by molar-refractivity contribution is 0.0466. The van der Waals surface area contributed by atoms with Gasteiger partial charge in [0.05, 0.1) is 5.56 Å². The average molecular weight is 374 g/mol. The highest BCUT2D eigenvalue weighted by Gasteiger charge is 2.20. The molecule has 6 nitrogen and oxygen atoms in total. The van der Waals surface area contributed by atoms with E-state index in [1.165, 1.54) is 0 Å². The summed E-state index contributed by atoms with van der Waals surface area (Å²) in [6.07, 6.45) is 2.74. The molecule has 2 aromatic carbocycles. The van der Waals surface area contributed by atoms with Crippen LogP contribution in [0.5, 0.6) is 5.75 Å². The summed E-state index contributed by atoms with van der Waals surface area (Å²) in [7, 11) is 0. The van der Waals surface area contributed by atoms with Gasteiger partial charge < -0.3 is 19.0 Å². The highest BCUT2D eigenvalue weighted by molar-refractivity contribution is 6.03. The van der Waals surface area contributed by atoms with E-state index >= 15 is 0 Å². The third kappa shape index (κ3) is 2.93. The van der Waals surface area contributed by atoms with E-state index in [9.17, 15) is 4.79 Å². The molecule has 1 aliphatic heterocycles. The minimum Gasteiger partial charge on any atom is -0.490 e. The fourth-order valence-corrected chi connectivity index (χ4v) is 3.55. The number of H-pyrrole nitrogens is 1. The molecule has 0 saturated carbocycles. The maximum absolute atomic E-state index is 12.4. The van der Waals surface area contributed by atoms with Gasteiger partial charge in [-0.3, -0.25) is 0 Å². The first-order chi connectivity index (χ1) is 13.7. The summed E-state index contributed by atoms with van der Waals surface area (Å²) in [6.45, 7) is 2.10. The molecule has 0 aliphatic carbocycles. The number of aromatic amines is 1. The van der Waals surface area contributed by atoms with Gasteiger partial charge in [0.1, 0.15) is 24.2 Å². The number of ether oxygens (including phenoxy) is 2. The zero-order valence-electron chi connectivity index (χ0n) is 15.3. The van der Waals surface area contributed by atoms with Crippen LogP contribution in [0.2, 0.25) is 0 Å². The largest absolute Gasteiger partial charge is 0.490 e. The number of hydrogen-bond acceptors (Lipinski definition) is 5. The van der Waals surface area contributed by atoms with Crippen molar-refractivity contribution in [3.8, 4) is 17.1 Å². The van der Waals surface area contributed by atoms with E-state index in [0.717, 1.165) is 34.2 Å². The Balaban J connectivity index is 1.29. The molecular formula is C22H18N2O4. The second-order valence-electron chi connectivity index (χ2n) is 6.96. The van der Waals surface area contributed by atoms with Crippen molar-refractivity contribution in [1.82, 2.24) is 10.1 Å². The average Bonchev–Trinajstić information content (AvgIpc) is 3.42. The lowest BCUT2D eigenvalue weighted by atomic mass is 10.1. The zero-order valence-corrected chi connectivity index (χ0v) is 15.3. The van der Waals surface area contributed by atoms with Gasteiger partial charge in [0.25, 0.3) is 0 Å². The standard InChI is InChI=1S/C22H18N2O4/c1-13-8-15-9-14(6-7-20(15)27-13)21-10-16(24-28-21)12-26-22(25)18-11-23-19-5-3-2-4-17(18)19/h2-7,9-11,13,23H,8,12H2,1H3. The van der Waals surface area contributed by atoms with Gasteiger partial charge in [-0.2, -0.15) is 0 Å². The van der Waals surface area contributed by atoms with Crippen LogP contribution in [0.15, 0.2) is 59.3 Å². The predicted octanol–water partition coefficient (Wildman–Crippen LogP) is 4.50. The fraction of sp³-hybridized carbons (Fsp3) is 0.182. The van der Waals surface area contributed by atoms with Gasteiger partial charge in [0, 0.05) is 35.2 Å². The first kappa shape index (κ1) is 16.6. The Bertz CT molecular complexity index is 1170. The van der Waals surface area contributed by atoms with E-state index in [1.54, 1.807) is 12.3 Å². The van der Waals surface area contributed by atoms with Crippen LogP contribution in [0.4, 0.5) is 0 Å². The summed E-state index contributed by atoms with van der Waals surface area (Å²) in [6, 6.07) is 15.3. The van der Waals surface area contributed by atoms with E-state index in [0.29, 0.717) is 17.0 Å². The van der Waals surface area contributed by atoms with Crippen molar-refractivity contribution in [2.24, 2.45) is 0 Å². The molecular weight excluding hydrogens is 356 g/mol. The fourth-order valence-electron chi connectivity index (χ4n) is 3.55. The maximum atomic E-state index is 12.4. The Kier molecular flexibility index (Phi) is 3.90. The number of nitrogens with one attached hydrogen (secondary N) is 1. The molecule has 0 saturated heterocycles. The first-order valence-corrected chi connectivity index (χ1v) is 9.16. The van der Waals surface area contributed by atoms with E-state index in [-0.39, 0.29) is 12.7 Å². The molecule has 1 unspecified atom stereocenters. The first-order valence-electron chi connectivity index (χ1n) is 9.16. The lowest BCUT2D eigenvalue weighted by Gasteiger charge is -2.02. The molecule has 2 aromatic heterocycles. The van der Waals surface area contributed by atoms with Crippen molar-refractivity contribution in [3.05, 3.63) is 71.5 Å². The molecule has 3 heterocycles. The van der Waals surface area contributed by atoms with Gasteiger partial charge in [-0.15, -0.1) is 0 Å². The summed E-state index contributed by atoms with van der Waals surface area (Å²) < 4.78 is 16.6. The smallest absolute Gasteiger partial charge is 0.340 e. The quantitative estimate of drug-likeness (QED) is 0.532. The molecule has 28 heavy (non-hydrogen) atoms. The van der Waals surface area contributed by atoms with Gasteiger partial charge >= 0.3 is 5.97 Å². The minimum atomic E-state index is -0.398. The Morgan fingerprint density at radius 3 is 3.07 bits per heavy atom. The van der Waals surface area contributed by atoms with Crippen LogP contribution in [0, 0.1) is 0 Å². The van der Waals surface area contributed by atoms with Gasteiger partial charge in [0.15, 0.2) is 5.76 Å². The van der Waals surface area contributed by atoms with Crippen LogP contribution >= 0.6 is 0 Å². The number of hydrogen-bond donors (Lipinski definition) is 1. The van der Waals surface area contributed by atoms with Crippen LogP contribution in [0.25, 0.3) is 22.2 Å². The number of esters is 1. The predicted molar refractivity (Wildman–Crippen MR) is 103 cm³/mol. The summed E-state index contributed by atoms with van der Waals surface area (Å²) in [5.74, 6) is 1.16. The lowest BCUT2D eigenvalue weighted by Crippen LogP contribution is -2.05. The van der Waals surface area contributed by atoms with Crippen LogP contribution in [0.3, 0.4) is 0 Å². The molecule has 0 radical (unpaired) electrons. The normalized spacial score (nSPS) is 15.4. The zero-order chi connectivity index (χ0) is 19.1. The molecule has 0 bridgehead atoms. The van der Waals surface area contributed by atoms with E-state index in [2.05, 4.69) is 16.2 Å². The topological polar surface area (TPSA) is 77.4 Å². The third-order valence-electron chi connectivity index (χ3n) is 4.90. The van der Waals surface area contributed by atoms with Gasteiger partial charge in [-0.25, -0.2) is 4.79 Å². The van der Waals surface area contributed by atoms with E-state index in [1.807, 2.05) is 43.3 Å². The van der Waals surface area contributed by atoms with Crippen LogP contribution in [-0.4, -0.2) is 22.2 Å². The Labute approximate surface area is 161 Å². The monoisotopic (exact) mass is 374 g/mol. The minimum absolute atomic E-state index is 0.0485. The summed E-state index contributed by atoms with van der Waals surface area (Å²) in [4.78, 5) is 15.5. The van der Waals surface area contributed by atoms with Crippen LogP contribution < -0.4 is 4.74 Å². The molecule has 4 aromatic rings. The summed E-state index contributed by atoms with van der Waals surface area (Å²) in [5, 5.41) is 4.86. The Morgan fingerprint density at radius 2 is 2.14 bits per heavy atom. The van der Waals surface area contributed by atoms with Crippen molar-refractivity contribution >= 4 is 16.9 Å². The molecule has 6 heteroatoms. The van der Waals surface area contributed by atoms with Crippen molar-refractivity contribution < 1.29 is 18.8 Å².